The highest BCUT2D eigenvalue weighted by molar-refractivity contribution is 5.80. The number of unbranched alkanes of at least 4 members (excludes halogenated alkanes) is 1. The van der Waals surface area contributed by atoms with Gasteiger partial charge in [0.1, 0.15) is 0 Å². The van der Waals surface area contributed by atoms with Crippen LogP contribution in [0.5, 0.6) is 0 Å². The maximum Gasteiger partial charge on any atom is 0.191 e. The van der Waals surface area contributed by atoms with E-state index in [1.54, 1.807) is 0 Å². The fraction of sp³-hybridized carbons (Fsp3) is 0.923. The molecule has 0 aromatic carbocycles. The average Bonchev–Trinajstić information content (AvgIpc) is 2.69. The quantitative estimate of drug-likeness (QED) is 0.699. The second-order valence-corrected chi connectivity index (χ2v) is 4.72. The normalized spacial score (nSPS) is 20.1. The predicted molar refractivity (Wildman–Crippen MR) is 74.3 cm³/mol. The minimum atomic E-state index is 0.547. The molecule has 0 fully saturated rings. The molecule has 0 radical (unpaired) electrons. The van der Waals surface area contributed by atoms with Crippen LogP contribution in [0, 0.1) is 0 Å². The summed E-state index contributed by atoms with van der Waals surface area (Å²) in [6, 6.07) is 0.547. The standard InChI is InChI=1S/C13H28N4/c1-4-7-8-12-11-15-13(14)17(12)10-9-16(5-2)6-3/h12H,4-11H2,1-3H3,(H2,14,15). The van der Waals surface area contributed by atoms with Gasteiger partial charge in [0.05, 0.1) is 12.6 Å². The van der Waals surface area contributed by atoms with E-state index in [0.717, 1.165) is 38.7 Å². The van der Waals surface area contributed by atoms with Gasteiger partial charge in [-0.05, 0) is 19.5 Å². The van der Waals surface area contributed by atoms with E-state index < -0.39 is 0 Å². The van der Waals surface area contributed by atoms with Crippen LogP contribution in [0.3, 0.4) is 0 Å². The first-order valence-corrected chi connectivity index (χ1v) is 7.01. The first kappa shape index (κ1) is 14.3. The number of hydrogen-bond donors (Lipinski definition) is 1. The maximum atomic E-state index is 5.97. The van der Waals surface area contributed by atoms with Gasteiger partial charge >= 0.3 is 0 Å². The molecule has 0 saturated heterocycles. The number of aliphatic imine (C=N–C) groups is 1. The van der Waals surface area contributed by atoms with E-state index in [1.807, 2.05) is 0 Å². The fourth-order valence-electron chi connectivity index (χ4n) is 2.35. The summed E-state index contributed by atoms with van der Waals surface area (Å²) in [4.78, 5) is 9.12. The second-order valence-electron chi connectivity index (χ2n) is 4.72. The van der Waals surface area contributed by atoms with Crippen LogP contribution in [0.1, 0.15) is 40.0 Å². The summed E-state index contributed by atoms with van der Waals surface area (Å²) >= 11 is 0. The molecule has 0 aromatic heterocycles. The molecule has 1 heterocycles. The summed E-state index contributed by atoms with van der Waals surface area (Å²) in [6.45, 7) is 11.9. The number of hydrogen-bond acceptors (Lipinski definition) is 4. The van der Waals surface area contributed by atoms with Crippen LogP contribution in [0.2, 0.25) is 0 Å². The van der Waals surface area contributed by atoms with Gasteiger partial charge < -0.3 is 15.5 Å². The lowest BCUT2D eigenvalue weighted by atomic mass is 10.1. The van der Waals surface area contributed by atoms with Crippen LogP contribution in [0.25, 0.3) is 0 Å². The zero-order valence-corrected chi connectivity index (χ0v) is 11.7. The fourth-order valence-corrected chi connectivity index (χ4v) is 2.35. The van der Waals surface area contributed by atoms with Gasteiger partial charge in [0, 0.05) is 13.1 Å². The molecule has 0 aliphatic carbocycles. The van der Waals surface area contributed by atoms with Crippen LogP contribution in [0.4, 0.5) is 0 Å². The summed E-state index contributed by atoms with van der Waals surface area (Å²) in [6.07, 6.45) is 3.74. The average molecular weight is 240 g/mol. The molecule has 1 unspecified atom stereocenters. The van der Waals surface area contributed by atoms with Gasteiger partial charge in [0.2, 0.25) is 0 Å². The van der Waals surface area contributed by atoms with Crippen LogP contribution >= 0.6 is 0 Å². The van der Waals surface area contributed by atoms with Gasteiger partial charge in [-0.1, -0.05) is 33.6 Å². The largest absolute Gasteiger partial charge is 0.370 e. The van der Waals surface area contributed by atoms with Gasteiger partial charge in [-0.25, -0.2) is 0 Å². The van der Waals surface area contributed by atoms with Gasteiger partial charge in [0.15, 0.2) is 5.96 Å². The van der Waals surface area contributed by atoms with Crippen molar-refractivity contribution in [1.82, 2.24) is 9.80 Å². The molecule has 1 rings (SSSR count). The van der Waals surface area contributed by atoms with E-state index in [9.17, 15) is 0 Å². The van der Waals surface area contributed by atoms with Crippen molar-refractivity contribution in [3.63, 3.8) is 0 Å². The zero-order chi connectivity index (χ0) is 12.7. The number of nitrogens with two attached hydrogens (primary N) is 1. The minimum absolute atomic E-state index is 0.547. The molecule has 0 amide bonds. The van der Waals surface area contributed by atoms with E-state index in [-0.39, 0.29) is 0 Å². The lowest BCUT2D eigenvalue weighted by Gasteiger charge is -2.29. The lowest BCUT2D eigenvalue weighted by molar-refractivity contribution is 0.241. The Labute approximate surface area is 106 Å². The summed E-state index contributed by atoms with van der Waals surface area (Å²) in [5.41, 5.74) is 5.97. The smallest absolute Gasteiger partial charge is 0.191 e. The van der Waals surface area contributed by atoms with Crippen LogP contribution < -0.4 is 5.73 Å². The molecule has 4 nitrogen and oxygen atoms in total. The monoisotopic (exact) mass is 240 g/mol. The molecular weight excluding hydrogens is 212 g/mol. The molecule has 1 aliphatic rings. The van der Waals surface area contributed by atoms with Crippen molar-refractivity contribution < 1.29 is 0 Å². The Morgan fingerprint density at radius 3 is 2.65 bits per heavy atom. The maximum absolute atomic E-state index is 5.97. The minimum Gasteiger partial charge on any atom is -0.370 e. The summed E-state index contributed by atoms with van der Waals surface area (Å²) in [7, 11) is 0. The molecule has 1 atom stereocenters. The molecule has 0 saturated carbocycles. The molecule has 2 N–H and O–H groups in total. The van der Waals surface area contributed by atoms with E-state index in [2.05, 4.69) is 35.6 Å². The number of nitrogens with zero attached hydrogens (tertiary/aromatic N) is 3. The molecular formula is C13H28N4. The molecule has 0 bridgehead atoms. The summed E-state index contributed by atoms with van der Waals surface area (Å²) in [5.74, 6) is 0.748. The van der Waals surface area contributed by atoms with Crippen molar-refractivity contribution in [2.24, 2.45) is 10.7 Å². The van der Waals surface area contributed by atoms with Gasteiger partial charge in [-0.2, -0.15) is 0 Å². The molecule has 0 spiro atoms. The summed E-state index contributed by atoms with van der Waals surface area (Å²) < 4.78 is 0. The lowest BCUT2D eigenvalue weighted by Crippen LogP contribution is -2.45. The Balaban J connectivity index is 2.39. The van der Waals surface area contributed by atoms with Crippen molar-refractivity contribution in [3.05, 3.63) is 0 Å². The highest BCUT2D eigenvalue weighted by atomic mass is 15.3. The third kappa shape index (κ3) is 4.19. The number of rotatable bonds is 8. The van der Waals surface area contributed by atoms with Crippen LogP contribution in [0.15, 0.2) is 4.99 Å². The van der Waals surface area contributed by atoms with Crippen molar-refractivity contribution in [2.75, 3.05) is 32.7 Å². The molecule has 4 heteroatoms. The molecule has 0 aromatic rings. The molecule has 100 valence electrons. The number of guanidine groups is 1. The predicted octanol–water partition coefficient (Wildman–Crippen LogP) is 1.52. The first-order chi connectivity index (χ1) is 8.22. The van der Waals surface area contributed by atoms with E-state index >= 15 is 0 Å². The Morgan fingerprint density at radius 2 is 2.06 bits per heavy atom. The van der Waals surface area contributed by atoms with E-state index in [1.165, 1.54) is 19.3 Å². The highest BCUT2D eigenvalue weighted by Gasteiger charge is 2.25. The van der Waals surface area contributed by atoms with Gasteiger partial charge in [-0.3, -0.25) is 4.99 Å². The second kappa shape index (κ2) is 7.54. The van der Waals surface area contributed by atoms with Crippen molar-refractivity contribution in [3.8, 4) is 0 Å². The summed E-state index contributed by atoms with van der Waals surface area (Å²) in [5, 5.41) is 0. The van der Waals surface area contributed by atoms with Crippen molar-refractivity contribution in [1.29, 1.82) is 0 Å². The first-order valence-electron chi connectivity index (χ1n) is 7.01. The van der Waals surface area contributed by atoms with Crippen LogP contribution in [-0.2, 0) is 0 Å². The molecule has 17 heavy (non-hydrogen) atoms. The van der Waals surface area contributed by atoms with Gasteiger partial charge in [0.25, 0.3) is 0 Å². The van der Waals surface area contributed by atoms with Crippen molar-refractivity contribution in [2.45, 2.75) is 46.1 Å². The SMILES string of the molecule is CCCCC1CN=C(N)N1CCN(CC)CC. The Hall–Kier alpha value is -0.770. The topological polar surface area (TPSA) is 44.9 Å². The third-order valence-electron chi connectivity index (χ3n) is 3.64. The van der Waals surface area contributed by atoms with Crippen molar-refractivity contribution >= 4 is 5.96 Å². The Bertz CT molecular complexity index is 236. The number of likely N-dealkylation sites (N-methyl/N-ethyl adjacent to an activating group) is 1. The molecule has 1 aliphatic heterocycles. The Morgan fingerprint density at radius 1 is 1.35 bits per heavy atom. The van der Waals surface area contributed by atoms with Gasteiger partial charge in [-0.15, -0.1) is 0 Å². The van der Waals surface area contributed by atoms with E-state index in [0.29, 0.717) is 6.04 Å². The van der Waals surface area contributed by atoms with Crippen LogP contribution in [-0.4, -0.2) is 54.5 Å². The Kier molecular flexibility index (Phi) is 6.34. The third-order valence-corrected chi connectivity index (χ3v) is 3.64. The van der Waals surface area contributed by atoms with E-state index in [4.69, 9.17) is 5.73 Å². The zero-order valence-electron chi connectivity index (χ0n) is 11.7. The highest BCUT2D eigenvalue weighted by Crippen LogP contribution is 2.14.